The van der Waals surface area contributed by atoms with Crippen molar-refractivity contribution in [1.29, 1.82) is 0 Å². The van der Waals surface area contributed by atoms with Crippen molar-refractivity contribution in [2.75, 3.05) is 6.61 Å². The van der Waals surface area contributed by atoms with Gasteiger partial charge in [0.2, 0.25) is 0 Å². The highest BCUT2D eigenvalue weighted by Gasteiger charge is 2.21. The van der Waals surface area contributed by atoms with Crippen LogP contribution in [0.25, 0.3) is 39.0 Å². The Hall–Kier alpha value is -4.46. The maximum atomic E-state index is 13.0. The average molecular weight is 425 g/mol. The molecule has 0 unspecified atom stereocenters. The van der Waals surface area contributed by atoms with Crippen LogP contribution in [0.3, 0.4) is 0 Å². The fraction of sp³-hybridized carbons (Fsp3) is 0.0833. The molecule has 0 aliphatic rings. The molecule has 1 amide bonds. The van der Waals surface area contributed by atoms with Crippen LogP contribution in [0.4, 0.5) is 0 Å². The van der Waals surface area contributed by atoms with Crippen molar-refractivity contribution in [3.8, 4) is 22.8 Å². The molecule has 32 heavy (non-hydrogen) atoms. The Bertz CT molecular complexity index is 1530. The van der Waals surface area contributed by atoms with Gasteiger partial charge in [-0.25, -0.2) is 19.3 Å². The molecule has 5 rings (SSSR count). The monoisotopic (exact) mass is 425 g/mol. The van der Waals surface area contributed by atoms with Crippen molar-refractivity contribution >= 4 is 27.8 Å². The number of carbonyl (C=O) groups excluding carboxylic acids is 1. The molecule has 0 spiro atoms. The summed E-state index contributed by atoms with van der Waals surface area (Å²) in [6.45, 7) is 2.46. The highest BCUT2D eigenvalue weighted by Crippen LogP contribution is 2.26. The highest BCUT2D eigenvalue weighted by atomic mass is 16.5. The molecule has 2 aromatic heterocycles. The van der Waals surface area contributed by atoms with E-state index in [4.69, 9.17) is 10.5 Å². The van der Waals surface area contributed by atoms with Crippen molar-refractivity contribution in [3.05, 3.63) is 82.9 Å². The summed E-state index contributed by atoms with van der Waals surface area (Å²) < 4.78 is 6.93. The van der Waals surface area contributed by atoms with Crippen molar-refractivity contribution in [2.45, 2.75) is 6.92 Å². The molecule has 0 fully saturated rings. The van der Waals surface area contributed by atoms with E-state index < -0.39 is 11.6 Å². The zero-order valence-electron chi connectivity index (χ0n) is 17.2. The lowest BCUT2D eigenvalue weighted by Gasteiger charge is -2.09. The Kier molecular flexibility index (Phi) is 4.67. The van der Waals surface area contributed by atoms with Crippen LogP contribution in [0, 0.1) is 0 Å². The molecular formula is C24H19N5O3. The maximum Gasteiger partial charge on any atom is 0.332 e. The van der Waals surface area contributed by atoms with Crippen LogP contribution in [0.15, 0.2) is 71.5 Å². The third kappa shape index (κ3) is 3.18. The molecule has 3 aromatic carbocycles. The molecule has 2 heterocycles. The van der Waals surface area contributed by atoms with E-state index in [0.29, 0.717) is 23.6 Å². The zero-order chi connectivity index (χ0) is 22.2. The van der Waals surface area contributed by atoms with E-state index in [0.717, 1.165) is 10.8 Å². The van der Waals surface area contributed by atoms with Gasteiger partial charge < -0.3 is 15.5 Å². The largest absolute Gasteiger partial charge is 0.494 e. The predicted octanol–water partition coefficient (Wildman–Crippen LogP) is 3.43. The van der Waals surface area contributed by atoms with Gasteiger partial charge >= 0.3 is 5.69 Å². The van der Waals surface area contributed by atoms with Crippen LogP contribution >= 0.6 is 0 Å². The number of nitrogens with zero attached hydrogens (tertiary/aromatic N) is 3. The number of imidazole rings is 1. The molecule has 0 aliphatic heterocycles. The molecule has 8 heteroatoms. The van der Waals surface area contributed by atoms with Gasteiger partial charge in [-0.3, -0.25) is 4.79 Å². The lowest BCUT2D eigenvalue weighted by molar-refractivity contribution is 0.0997. The van der Waals surface area contributed by atoms with Crippen molar-refractivity contribution in [1.82, 2.24) is 19.5 Å². The van der Waals surface area contributed by atoms with E-state index in [-0.39, 0.29) is 22.7 Å². The van der Waals surface area contributed by atoms with E-state index >= 15 is 0 Å². The molecule has 8 nitrogen and oxygen atoms in total. The van der Waals surface area contributed by atoms with Gasteiger partial charge in [0, 0.05) is 10.9 Å². The Morgan fingerprint density at radius 3 is 2.53 bits per heavy atom. The number of nitrogens with two attached hydrogens (primary N) is 1. The number of benzene rings is 3. The van der Waals surface area contributed by atoms with Crippen LogP contribution in [0.2, 0.25) is 0 Å². The molecule has 0 saturated heterocycles. The van der Waals surface area contributed by atoms with Gasteiger partial charge in [-0.05, 0) is 42.6 Å². The first-order chi connectivity index (χ1) is 15.6. The number of hydrogen-bond acceptors (Lipinski definition) is 5. The Labute approximate surface area is 182 Å². The maximum absolute atomic E-state index is 13.0. The van der Waals surface area contributed by atoms with E-state index in [1.54, 1.807) is 24.3 Å². The molecule has 0 aliphatic carbocycles. The molecule has 0 bridgehead atoms. The SMILES string of the molecule is CCOc1ccc(-c2nc(C(N)=O)c3[nH]c(=O)n(-c4cccc5ccccc45)c3n2)cc1. The number of nitrogens with one attached hydrogen (secondary N) is 1. The summed E-state index contributed by atoms with van der Waals surface area (Å²) in [5, 5.41) is 1.85. The minimum absolute atomic E-state index is 0.0463. The molecule has 0 radical (unpaired) electrons. The molecule has 5 aromatic rings. The number of H-pyrrole nitrogens is 1. The van der Waals surface area contributed by atoms with E-state index in [1.165, 1.54) is 4.57 Å². The Morgan fingerprint density at radius 1 is 1.03 bits per heavy atom. The molecule has 0 saturated carbocycles. The summed E-state index contributed by atoms with van der Waals surface area (Å²) in [5.74, 6) is 0.236. The van der Waals surface area contributed by atoms with Gasteiger partial charge in [-0.2, -0.15) is 0 Å². The summed E-state index contributed by atoms with van der Waals surface area (Å²) in [6.07, 6.45) is 0. The summed E-state index contributed by atoms with van der Waals surface area (Å²) in [6, 6.07) is 20.6. The first-order valence-corrected chi connectivity index (χ1v) is 10.1. The third-order valence-electron chi connectivity index (χ3n) is 5.20. The predicted molar refractivity (Wildman–Crippen MR) is 122 cm³/mol. The van der Waals surface area contributed by atoms with Crippen LogP contribution in [0.1, 0.15) is 17.4 Å². The number of rotatable bonds is 5. The third-order valence-corrected chi connectivity index (χ3v) is 5.20. The number of fused-ring (bicyclic) bond motifs is 2. The number of primary amides is 1. The number of hydrogen-bond donors (Lipinski definition) is 2. The number of ether oxygens (including phenoxy) is 1. The van der Waals surface area contributed by atoms with E-state index in [9.17, 15) is 9.59 Å². The first-order valence-electron chi connectivity index (χ1n) is 10.1. The van der Waals surface area contributed by atoms with Gasteiger partial charge in [0.15, 0.2) is 17.2 Å². The summed E-state index contributed by atoms with van der Waals surface area (Å²) in [5.41, 5.74) is 6.90. The van der Waals surface area contributed by atoms with Crippen molar-refractivity contribution < 1.29 is 9.53 Å². The first kappa shape index (κ1) is 19.5. The summed E-state index contributed by atoms with van der Waals surface area (Å²) in [7, 11) is 0. The average Bonchev–Trinajstić information content (AvgIpc) is 3.14. The highest BCUT2D eigenvalue weighted by molar-refractivity contribution is 6.02. The Balaban J connectivity index is 1.79. The number of amides is 1. The van der Waals surface area contributed by atoms with Crippen molar-refractivity contribution in [2.24, 2.45) is 5.73 Å². The minimum atomic E-state index is -0.754. The molecule has 158 valence electrons. The topological polar surface area (TPSA) is 116 Å². The lowest BCUT2D eigenvalue weighted by atomic mass is 10.1. The lowest BCUT2D eigenvalue weighted by Crippen LogP contribution is -2.15. The van der Waals surface area contributed by atoms with E-state index in [1.807, 2.05) is 49.4 Å². The molecular weight excluding hydrogens is 406 g/mol. The number of aromatic nitrogens is 4. The normalized spacial score (nSPS) is 11.2. The smallest absolute Gasteiger partial charge is 0.332 e. The summed E-state index contributed by atoms with van der Waals surface area (Å²) >= 11 is 0. The second-order valence-electron chi connectivity index (χ2n) is 7.18. The van der Waals surface area contributed by atoms with Crippen LogP contribution in [-0.2, 0) is 0 Å². The number of carbonyl (C=O) groups is 1. The quantitative estimate of drug-likeness (QED) is 0.448. The number of aromatic amines is 1. The second kappa shape index (κ2) is 7.66. The standard InChI is InChI=1S/C24H19N5O3/c1-2-32-16-12-10-15(11-13-16)22-26-19(21(25)30)20-23(28-22)29(24(31)27-20)18-9-5-7-14-6-3-4-8-17(14)18/h3-13H,2H2,1H3,(H2,25,30)(H,27,31). The van der Waals surface area contributed by atoms with E-state index in [2.05, 4.69) is 15.0 Å². The minimum Gasteiger partial charge on any atom is -0.494 e. The van der Waals surface area contributed by atoms with Gasteiger partial charge in [0.1, 0.15) is 11.3 Å². The fourth-order valence-electron chi connectivity index (χ4n) is 3.79. The van der Waals surface area contributed by atoms with Gasteiger partial charge in [-0.1, -0.05) is 36.4 Å². The zero-order valence-corrected chi connectivity index (χ0v) is 17.2. The van der Waals surface area contributed by atoms with Crippen LogP contribution in [-0.4, -0.2) is 32.0 Å². The van der Waals surface area contributed by atoms with Crippen LogP contribution < -0.4 is 16.2 Å². The van der Waals surface area contributed by atoms with Crippen LogP contribution in [0.5, 0.6) is 5.75 Å². The fourth-order valence-corrected chi connectivity index (χ4v) is 3.79. The Morgan fingerprint density at radius 2 is 1.78 bits per heavy atom. The van der Waals surface area contributed by atoms with Crippen molar-refractivity contribution in [3.63, 3.8) is 0 Å². The van der Waals surface area contributed by atoms with Gasteiger partial charge in [0.05, 0.1) is 12.3 Å². The van der Waals surface area contributed by atoms with Gasteiger partial charge in [0.25, 0.3) is 5.91 Å². The van der Waals surface area contributed by atoms with Gasteiger partial charge in [-0.15, -0.1) is 0 Å². The summed E-state index contributed by atoms with van der Waals surface area (Å²) in [4.78, 5) is 36.9. The molecule has 0 atom stereocenters. The molecule has 3 N–H and O–H groups in total. The second-order valence-corrected chi connectivity index (χ2v) is 7.18.